The third kappa shape index (κ3) is 3.72. The normalized spacial score (nSPS) is 14.3. The van der Waals surface area contributed by atoms with Crippen LogP contribution < -0.4 is 5.32 Å². The number of nitrogens with one attached hydrogen (secondary N) is 1. The molecule has 5 rings (SSSR count). The van der Waals surface area contributed by atoms with Gasteiger partial charge in [-0.2, -0.15) is 4.31 Å². The minimum absolute atomic E-state index is 0.253. The maximum atomic E-state index is 13.3. The molecule has 162 valence electrons. The molecule has 0 bridgehead atoms. The van der Waals surface area contributed by atoms with Crippen molar-refractivity contribution in [2.45, 2.75) is 24.8 Å². The van der Waals surface area contributed by atoms with Crippen molar-refractivity contribution < 1.29 is 8.42 Å². The Bertz CT molecular complexity index is 1440. The second-order valence-corrected chi connectivity index (χ2v) is 10.1. The predicted molar refractivity (Wildman–Crippen MR) is 127 cm³/mol. The zero-order valence-electron chi connectivity index (χ0n) is 17.4. The summed E-state index contributed by atoms with van der Waals surface area (Å²) < 4.78 is 28.1. The number of halogens is 1. The molecule has 0 amide bonds. The monoisotopic (exact) mass is 464 g/mol. The summed E-state index contributed by atoms with van der Waals surface area (Å²) >= 11 is 6.17. The molecule has 0 atom stereocenters. The maximum absolute atomic E-state index is 13.3. The molecule has 0 radical (unpaired) electrons. The van der Waals surface area contributed by atoms with Crippen LogP contribution in [0.4, 0.5) is 11.5 Å². The lowest BCUT2D eigenvalue weighted by Gasteiger charge is -2.29. The lowest BCUT2D eigenvalue weighted by Crippen LogP contribution is -2.36. The topological polar surface area (TPSA) is 75.2 Å². The maximum Gasteiger partial charge on any atom is 0.243 e. The highest BCUT2D eigenvalue weighted by molar-refractivity contribution is 7.89. The Morgan fingerprint density at radius 2 is 1.91 bits per heavy atom. The van der Waals surface area contributed by atoms with E-state index in [1.165, 1.54) is 4.31 Å². The Kier molecular flexibility index (Phi) is 5.33. The van der Waals surface area contributed by atoms with Crippen molar-refractivity contribution in [3.05, 3.63) is 88.7 Å². The van der Waals surface area contributed by atoms with Gasteiger partial charge >= 0.3 is 0 Å². The molecule has 0 aliphatic carbocycles. The summed E-state index contributed by atoms with van der Waals surface area (Å²) in [6, 6.07) is 16.8. The highest BCUT2D eigenvalue weighted by Gasteiger charge is 2.31. The van der Waals surface area contributed by atoms with Crippen LogP contribution in [0.3, 0.4) is 0 Å². The SMILES string of the molecule is Cc1c(Cl)cccc1S(=O)(=O)N1CCc2c(ccnc2Nc2cnc3ccccc3c2)C1. The van der Waals surface area contributed by atoms with Gasteiger partial charge in [0.25, 0.3) is 0 Å². The zero-order chi connectivity index (χ0) is 22.3. The lowest BCUT2D eigenvalue weighted by atomic mass is 10.0. The number of anilines is 2. The Labute approximate surface area is 191 Å². The first-order valence-corrected chi connectivity index (χ1v) is 12.1. The highest BCUT2D eigenvalue weighted by atomic mass is 35.5. The van der Waals surface area contributed by atoms with Crippen molar-refractivity contribution in [3.8, 4) is 0 Å². The fraction of sp³-hybridized carbons (Fsp3) is 0.167. The van der Waals surface area contributed by atoms with E-state index >= 15 is 0 Å². The summed E-state index contributed by atoms with van der Waals surface area (Å²) in [6.07, 6.45) is 4.05. The smallest absolute Gasteiger partial charge is 0.243 e. The van der Waals surface area contributed by atoms with Crippen LogP contribution in [0.15, 0.2) is 71.9 Å². The van der Waals surface area contributed by atoms with Crippen molar-refractivity contribution in [2.24, 2.45) is 0 Å². The Balaban J connectivity index is 1.44. The number of rotatable bonds is 4. The van der Waals surface area contributed by atoms with Gasteiger partial charge in [-0.3, -0.25) is 4.98 Å². The molecule has 3 heterocycles. The van der Waals surface area contributed by atoms with Crippen molar-refractivity contribution in [1.29, 1.82) is 0 Å². The van der Waals surface area contributed by atoms with E-state index < -0.39 is 10.0 Å². The number of sulfonamides is 1. The molecule has 2 aromatic carbocycles. The average Bonchev–Trinajstić information content (AvgIpc) is 2.80. The molecule has 0 spiro atoms. The lowest BCUT2D eigenvalue weighted by molar-refractivity contribution is 0.391. The molecule has 4 aromatic rings. The van der Waals surface area contributed by atoms with Crippen LogP contribution in [0, 0.1) is 6.92 Å². The number of hydrogen-bond donors (Lipinski definition) is 1. The van der Waals surface area contributed by atoms with Crippen LogP contribution in [0.25, 0.3) is 10.9 Å². The molecule has 32 heavy (non-hydrogen) atoms. The van der Waals surface area contributed by atoms with Crippen LogP contribution in [0.1, 0.15) is 16.7 Å². The molecule has 0 saturated carbocycles. The second kappa shape index (κ2) is 8.16. The average molecular weight is 465 g/mol. The molecule has 0 unspecified atom stereocenters. The number of aromatic nitrogens is 2. The van der Waals surface area contributed by atoms with Crippen molar-refractivity contribution in [2.75, 3.05) is 11.9 Å². The van der Waals surface area contributed by atoms with E-state index in [9.17, 15) is 8.42 Å². The number of para-hydroxylation sites is 1. The van der Waals surface area contributed by atoms with Gasteiger partial charge in [-0.25, -0.2) is 13.4 Å². The van der Waals surface area contributed by atoms with Gasteiger partial charge < -0.3 is 5.32 Å². The predicted octanol–water partition coefficient (Wildman–Crippen LogP) is 5.08. The van der Waals surface area contributed by atoms with E-state index in [0.29, 0.717) is 23.6 Å². The first-order chi connectivity index (χ1) is 15.4. The standard InChI is InChI=1S/C24H21ClN4O2S/c1-16-21(25)6-4-8-23(16)32(30,31)29-12-10-20-18(15-29)9-11-26-24(20)28-19-13-17-5-2-3-7-22(17)27-14-19/h2-9,11,13-14H,10,12,15H2,1H3,(H,26,28). The molecule has 6 nitrogen and oxygen atoms in total. The molecule has 0 fully saturated rings. The highest BCUT2D eigenvalue weighted by Crippen LogP contribution is 2.32. The van der Waals surface area contributed by atoms with E-state index in [4.69, 9.17) is 11.6 Å². The number of pyridine rings is 2. The number of fused-ring (bicyclic) bond motifs is 2. The Morgan fingerprint density at radius 3 is 2.78 bits per heavy atom. The van der Waals surface area contributed by atoms with E-state index in [-0.39, 0.29) is 11.4 Å². The van der Waals surface area contributed by atoms with Gasteiger partial charge in [0.2, 0.25) is 10.0 Å². The fourth-order valence-electron chi connectivity index (χ4n) is 4.06. The summed E-state index contributed by atoms with van der Waals surface area (Å²) in [6.45, 7) is 2.39. The van der Waals surface area contributed by atoms with E-state index in [0.717, 1.165) is 33.5 Å². The van der Waals surface area contributed by atoms with Crippen molar-refractivity contribution in [1.82, 2.24) is 14.3 Å². The van der Waals surface area contributed by atoms with Crippen LogP contribution in [0.2, 0.25) is 5.02 Å². The van der Waals surface area contributed by atoms with Gasteiger partial charge in [0.15, 0.2) is 0 Å². The van der Waals surface area contributed by atoms with Gasteiger partial charge in [-0.15, -0.1) is 0 Å². The minimum Gasteiger partial charge on any atom is -0.339 e. The summed E-state index contributed by atoms with van der Waals surface area (Å²) in [4.78, 5) is 9.26. The molecule has 8 heteroatoms. The van der Waals surface area contributed by atoms with Crippen LogP contribution >= 0.6 is 11.6 Å². The van der Waals surface area contributed by atoms with Crippen LogP contribution in [-0.4, -0.2) is 29.2 Å². The zero-order valence-corrected chi connectivity index (χ0v) is 19.0. The molecule has 1 aliphatic rings. The van der Waals surface area contributed by atoms with Gasteiger partial charge in [0, 0.05) is 35.3 Å². The van der Waals surface area contributed by atoms with Crippen LogP contribution in [0.5, 0.6) is 0 Å². The quantitative estimate of drug-likeness (QED) is 0.455. The number of hydrogen-bond acceptors (Lipinski definition) is 5. The first-order valence-electron chi connectivity index (χ1n) is 10.3. The van der Waals surface area contributed by atoms with E-state index in [2.05, 4.69) is 15.3 Å². The number of benzene rings is 2. The third-order valence-corrected chi connectivity index (χ3v) is 8.20. The minimum atomic E-state index is -3.66. The fourth-order valence-corrected chi connectivity index (χ4v) is 5.96. The molecule has 1 N–H and O–H groups in total. The number of nitrogens with zero attached hydrogens (tertiary/aromatic N) is 3. The summed E-state index contributed by atoms with van der Waals surface area (Å²) in [5, 5.41) is 4.85. The second-order valence-electron chi connectivity index (χ2n) is 7.79. The van der Waals surface area contributed by atoms with Crippen LogP contribution in [-0.2, 0) is 23.0 Å². The van der Waals surface area contributed by atoms with Gasteiger partial charge in [-0.05, 0) is 54.8 Å². The molecule has 1 aliphatic heterocycles. The first kappa shape index (κ1) is 20.9. The molecular weight excluding hydrogens is 444 g/mol. The van der Waals surface area contributed by atoms with Crippen molar-refractivity contribution in [3.63, 3.8) is 0 Å². The van der Waals surface area contributed by atoms with E-state index in [1.54, 1.807) is 37.5 Å². The van der Waals surface area contributed by atoms with E-state index in [1.807, 2.05) is 36.4 Å². The molecule has 2 aromatic heterocycles. The molecule has 0 saturated heterocycles. The summed E-state index contributed by atoms with van der Waals surface area (Å²) in [5.74, 6) is 0.732. The van der Waals surface area contributed by atoms with Gasteiger partial charge in [0.05, 0.1) is 22.3 Å². The summed E-state index contributed by atoms with van der Waals surface area (Å²) in [7, 11) is -3.66. The van der Waals surface area contributed by atoms with Gasteiger partial charge in [-0.1, -0.05) is 35.9 Å². The largest absolute Gasteiger partial charge is 0.339 e. The van der Waals surface area contributed by atoms with Gasteiger partial charge in [0.1, 0.15) is 5.82 Å². The summed E-state index contributed by atoms with van der Waals surface area (Å²) in [5.41, 5.74) is 4.30. The third-order valence-electron chi connectivity index (χ3n) is 5.80. The Hall–Kier alpha value is -3.00. The van der Waals surface area contributed by atoms with Crippen molar-refractivity contribution >= 4 is 44.0 Å². The Morgan fingerprint density at radius 1 is 1.06 bits per heavy atom. The molecular formula is C24H21ClN4O2S.